The molecule has 6 atom stereocenters. The van der Waals surface area contributed by atoms with Crippen molar-refractivity contribution in [2.75, 3.05) is 6.61 Å². The molecule has 9 nitrogen and oxygen atoms in total. The molecule has 0 saturated carbocycles. The van der Waals surface area contributed by atoms with Crippen molar-refractivity contribution in [1.82, 2.24) is 10.6 Å². The Balaban J connectivity index is 0.000000289. The molecule has 6 unspecified atom stereocenters. The maximum absolute atomic E-state index is 11.2. The van der Waals surface area contributed by atoms with E-state index in [1.54, 1.807) is 20.8 Å². The Morgan fingerprint density at radius 1 is 1.07 bits per heavy atom. The number of hydrogen-bond acceptors (Lipinski definition) is 8. The van der Waals surface area contributed by atoms with E-state index in [9.17, 15) is 20.1 Å². The molecule has 0 spiro atoms. The second-order valence-electron chi connectivity index (χ2n) is 8.84. The van der Waals surface area contributed by atoms with Gasteiger partial charge in [0, 0.05) is 0 Å². The summed E-state index contributed by atoms with van der Waals surface area (Å²) in [5.41, 5.74) is -0.614. The molecule has 0 aromatic rings. The average Bonchev–Trinajstić information content (AvgIpc) is 2.86. The van der Waals surface area contributed by atoms with Gasteiger partial charge in [-0.05, 0) is 26.2 Å². The molecule has 6 N–H and O–H groups in total. The first-order chi connectivity index (χ1) is 12.2. The van der Waals surface area contributed by atoms with Crippen LogP contribution in [-0.4, -0.2) is 75.3 Å². The maximum atomic E-state index is 11.2. The van der Waals surface area contributed by atoms with E-state index in [2.05, 4.69) is 17.2 Å². The van der Waals surface area contributed by atoms with Crippen molar-refractivity contribution in [1.29, 1.82) is 0 Å². The standard InChI is InChI=1S/C10H20O6.C8H14N2O/c1-10(2,3)16-9-8(14)7(13)6(12)5(4-11)15-9;1-5-9-6(7(11)10-5)8(2,3)4/h5-9,11-14H,4H2,1-3H3;6,9H,1H2,2-4H3,(H,10,11). The molecule has 0 aromatic carbocycles. The minimum atomic E-state index is -1.39. The molecule has 158 valence electrons. The van der Waals surface area contributed by atoms with Crippen LogP contribution in [0.25, 0.3) is 0 Å². The van der Waals surface area contributed by atoms with Crippen LogP contribution in [0, 0.1) is 5.41 Å². The van der Waals surface area contributed by atoms with Gasteiger partial charge in [-0.25, -0.2) is 0 Å². The van der Waals surface area contributed by atoms with Crippen molar-refractivity contribution in [3.63, 3.8) is 0 Å². The smallest absolute Gasteiger partial charge is 0.248 e. The van der Waals surface area contributed by atoms with E-state index in [0.717, 1.165) is 0 Å². The first kappa shape index (κ1) is 23.8. The lowest BCUT2D eigenvalue weighted by Gasteiger charge is -2.41. The number of amides is 1. The zero-order valence-corrected chi connectivity index (χ0v) is 16.9. The summed E-state index contributed by atoms with van der Waals surface area (Å²) < 4.78 is 10.6. The minimum Gasteiger partial charge on any atom is -0.394 e. The van der Waals surface area contributed by atoms with Crippen molar-refractivity contribution in [2.24, 2.45) is 5.41 Å². The van der Waals surface area contributed by atoms with Gasteiger partial charge in [0.2, 0.25) is 5.91 Å². The van der Waals surface area contributed by atoms with Crippen molar-refractivity contribution in [3.05, 3.63) is 12.4 Å². The van der Waals surface area contributed by atoms with Crippen LogP contribution in [0.15, 0.2) is 12.4 Å². The molecule has 2 aliphatic rings. The second kappa shape index (κ2) is 8.85. The van der Waals surface area contributed by atoms with Gasteiger partial charge in [0.05, 0.1) is 18.0 Å². The van der Waals surface area contributed by atoms with Gasteiger partial charge in [0.1, 0.15) is 30.5 Å². The maximum Gasteiger partial charge on any atom is 0.248 e. The minimum absolute atomic E-state index is 0.0162. The average molecular weight is 390 g/mol. The molecule has 2 aliphatic heterocycles. The van der Waals surface area contributed by atoms with E-state index in [0.29, 0.717) is 5.82 Å². The predicted octanol–water partition coefficient (Wildman–Crippen LogP) is -0.807. The first-order valence-corrected chi connectivity index (χ1v) is 8.92. The van der Waals surface area contributed by atoms with Gasteiger partial charge in [-0.1, -0.05) is 27.4 Å². The summed E-state index contributed by atoms with van der Waals surface area (Å²) in [4.78, 5) is 11.2. The van der Waals surface area contributed by atoms with Crippen LogP contribution in [0.3, 0.4) is 0 Å². The van der Waals surface area contributed by atoms with Crippen molar-refractivity contribution < 1.29 is 34.7 Å². The van der Waals surface area contributed by atoms with E-state index in [-0.39, 0.29) is 17.4 Å². The molecule has 0 aromatic heterocycles. The summed E-state index contributed by atoms with van der Waals surface area (Å²) in [6.07, 6.45) is -6.06. The molecule has 0 bridgehead atoms. The molecule has 2 fully saturated rings. The fourth-order valence-corrected chi connectivity index (χ4v) is 2.62. The van der Waals surface area contributed by atoms with Gasteiger partial charge in [-0.2, -0.15) is 0 Å². The summed E-state index contributed by atoms with van der Waals surface area (Å²) >= 11 is 0. The lowest BCUT2D eigenvalue weighted by atomic mass is 9.87. The number of rotatable bonds is 2. The molecular weight excluding hydrogens is 356 g/mol. The molecule has 2 rings (SSSR count). The molecule has 9 heteroatoms. The largest absolute Gasteiger partial charge is 0.394 e. The number of aliphatic hydroxyl groups excluding tert-OH is 4. The summed E-state index contributed by atoms with van der Waals surface area (Å²) in [6, 6.07) is -0.144. The van der Waals surface area contributed by atoms with Crippen LogP contribution in [0.4, 0.5) is 0 Å². The molecule has 2 heterocycles. The van der Waals surface area contributed by atoms with Crippen LogP contribution in [0.5, 0.6) is 0 Å². The fourth-order valence-electron chi connectivity index (χ4n) is 2.62. The van der Waals surface area contributed by atoms with Crippen molar-refractivity contribution in [3.8, 4) is 0 Å². The highest BCUT2D eigenvalue weighted by Crippen LogP contribution is 2.25. The summed E-state index contributed by atoms with van der Waals surface area (Å²) in [5.74, 6) is 0.623. The van der Waals surface area contributed by atoms with E-state index in [1.165, 1.54) is 0 Å². The first-order valence-electron chi connectivity index (χ1n) is 8.92. The summed E-state index contributed by atoms with van der Waals surface area (Å²) in [7, 11) is 0. The Bertz CT molecular complexity index is 525. The van der Waals surface area contributed by atoms with Crippen LogP contribution in [-0.2, 0) is 14.3 Å². The van der Waals surface area contributed by atoms with Gasteiger partial charge >= 0.3 is 0 Å². The van der Waals surface area contributed by atoms with Gasteiger partial charge in [0.15, 0.2) is 6.29 Å². The quantitative estimate of drug-likeness (QED) is 0.360. The number of ether oxygens (including phenoxy) is 2. The van der Waals surface area contributed by atoms with E-state index >= 15 is 0 Å². The molecule has 2 saturated heterocycles. The van der Waals surface area contributed by atoms with Crippen LogP contribution in [0.1, 0.15) is 41.5 Å². The third-order valence-electron chi connectivity index (χ3n) is 4.04. The number of carbonyl (C=O) groups is 1. The second-order valence-corrected chi connectivity index (χ2v) is 8.84. The third-order valence-corrected chi connectivity index (χ3v) is 4.04. The van der Waals surface area contributed by atoms with E-state index < -0.39 is 42.9 Å². The summed E-state index contributed by atoms with van der Waals surface area (Å²) in [6.45, 7) is 14.5. The van der Waals surface area contributed by atoms with Gasteiger partial charge in [0.25, 0.3) is 0 Å². The Kier molecular flexibility index (Phi) is 7.80. The van der Waals surface area contributed by atoms with Gasteiger partial charge in [-0.3, -0.25) is 4.79 Å². The highest BCUT2D eigenvalue weighted by Gasteiger charge is 2.45. The molecule has 27 heavy (non-hydrogen) atoms. The topological polar surface area (TPSA) is 141 Å². The Hall–Kier alpha value is -1.23. The van der Waals surface area contributed by atoms with Crippen LogP contribution < -0.4 is 10.6 Å². The van der Waals surface area contributed by atoms with Crippen LogP contribution in [0.2, 0.25) is 0 Å². The number of aliphatic hydroxyl groups is 4. The monoisotopic (exact) mass is 390 g/mol. The zero-order valence-electron chi connectivity index (χ0n) is 16.9. The van der Waals surface area contributed by atoms with Crippen LogP contribution >= 0.6 is 0 Å². The highest BCUT2D eigenvalue weighted by atomic mass is 16.7. The number of carbonyl (C=O) groups excluding carboxylic acids is 1. The molecule has 0 aliphatic carbocycles. The molecule has 1 amide bonds. The fraction of sp³-hybridized carbons (Fsp3) is 0.833. The Labute approximate surface area is 160 Å². The van der Waals surface area contributed by atoms with Crippen molar-refractivity contribution >= 4 is 5.91 Å². The predicted molar refractivity (Wildman–Crippen MR) is 98.3 cm³/mol. The normalized spacial score (nSPS) is 34.4. The lowest BCUT2D eigenvalue weighted by molar-refractivity contribution is -0.320. The molecule has 0 radical (unpaired) electrons. The van der Waals surface area contributed by atoms with E-state index in [4.69, 9.17) is 14.6 Å². The number of nitrogens with one attached hydrogen (secondary N) is 2. The Morgan fingerprint density at radius 2 is 1.63 bits per heavy atom. The van der Waals surface area contributed by atoms with Gasteiger partial charge < -0.3 is 40.5 Å². The SMILES string of the molecule is C=C1NC(=O)C(C(C)(C)C)N1.CC(C)(C)OC1OC(CO)C(O)C(O)C1O. The zero-order chi connectivity index (χ0) is 21.2. The highest BCUT2D eigenvalue weighted by molar-refractivity contribution is 5.86. The van der Waals surface area contributed by atoms with Crippen molar-refractivity contribution in [2.45, 2.75) is 83.9 Å². The summed E-state index contributed by atoms with van der Waals surface area (Å²) in [5, 5.41) is 43.2. The van der Waals surface area contributed by atoms with E-state index in [1.807, 2.05) is 20.8 Å². The molecular formula is C18H34N2O7. The third kappa shape index (κ3) is 6.70. The Morgan fingerprint density at radius 3 is 1.96 bits per heavy atom. The number of hydrogen-bond donors (Lipinski definition) is 6. The lowest BCUT2D eigenvalue weighted by Crippen LogP contribution is -2.60. The van der Waals surface area contributed by atoms with Gasteiger partial charge in [-0.15, -0.1) is 0 Å².